The van der Waals surface area contributed by atoms with Crippen molar-refractivity contribution >= 4 is 23.5 Å². The van der Waals surface area contributed by atoms with Gasteiger partial charge in [-0.3, -0.25) is 4.79 Å². The first-order chi connectivity index (χ1) is 9.61. The smallest absolute Gasteiger partial charge is 0.328 e. The molecule has 1 unspecified atom stereocenters. The average molecular weight is 316 g/mol. The van der Waals surface area contributed by atoms with E-state index in [2.05, 4.69) is 5.32 Å². The van der Waals surface area contributed by atoms with Gasteiger partial charge in [-0.15, -0.1) is 0 Å². The number of esters is 1. The number of nitrogens with one attached hydrogen (secondary N) is 1. The summed E-state index contributed by atoms with van der Waals surface area (Å²) in [6.45, 7) is 6.71. The average Bonchev–Trinajstić information content (AvgIpc) is 2.36. The van der Waals surface area contributed by atoms with E-state index in [9.17, 15) is 14.0 Å². The van der Waals surface area contributed by atoms with E-state index in [1.807, 2.05) is 0 Å². The minimum atomic E-state index is -0.768. The monoisotopic (exact) mass is 315 g/mol. The van der Waals surface area contributed by atoms with Gasteiger partial charge in [0.1, 0.15) is 18.5 Å². The Balaban J connectivity index is 2.55. The van der Waals surface area contributed by atoms with E-state index < -0.39 is 23.2 Å². The molecule has 1 rings (SSSR count). The van der Waals surface area contributed by atoms with Gasteiger partial charge in [0.2, 0.25) is 5.91 Å². The normalized spacial score (nSPS) is 12.7. The molecule has 0 spiro atoms. The predicted octanol–water partition coefficient (Wildman–Crippen LogP) is 3.07. The summed E-state index contributed by atoms with van der Waals surface area (Å²) in [4.78, 5) is 23.6. The van der Waals surface area contributed by atoms with Crippen molar-refractivity contribution in [2.45, 2.75) is 40.3 Å². The van der Waals surface area contributed by atoms with Crippen LogP contribution in [0, 0.1) is 11.2 Å². The Labute approximate surface area is 128 Å². The summed E-state index contributed by atoms with van der Waals surface area (Å²) >= 11 is 5.84. The molecule has 1 aromatic carbocycles. The molecular weight excluding hydrogens is 297 g/mol. The number of carbonyl (C=O) groups is 2. The van der Waals surface area contributed by atoms with Crippen LogP contribution in [0.2, 0.25) is 5.02 Å². The van der Waals surface area contributed by atoms with Gasteiger partial charge in [-0.1, -0.05) is 38.4 Å². The fraction of sp³-hybridized carbons (Fsp3) is 0.467. The Bertz CT molecular complexity index is 540. The highest BCUT2D eigenvalue weighted by atomic mass is 35.5. The second-order valence-corrected chi connectivity index (χ2v) is 6.20. The standard InChI is InChI=1S/C15H19ClFNO3/c1-9(18-14(20)15(2,3)4)13(19)21-8-10-5-6-11(17)7-12(10)16/h5-7,9H,8H2,1-4H3,(H,18,20). The van der Waals surface area contributed by atoms with Gasteiger partial charge < -0.3 is 10.1 Å². The first-order valence-corrected chi connectivity index (χ1v) is 6.90. The van der Waals surface area contributed by atoms with Gasteiger partial charge in [0.05, 0.1) is 5.02 Å². The van der Waals surface area contributed by atoms with Gasteiger partial charge in [0.25, 0.3) is 0 Å². The molecule has 1 amide bonds. The van der Waals surface area contributed by atoms with E-state index in [1.165, 1.54) is 19.1 Å². The highest BCUT2D eigenvalue weighted by Crippen LogP contribution is 2.18. The number of hydrogen-bond donors (Lipinski definition) is 1. The van der Waals surface area contributed by atoms with Crippen LogP contribution in [0.15, 0.2) is 18.2 Å². The fourth-order valence-corrected chi connectivity index (χ4v) is 1.61. The minimum absolute atomic E-state index is 0.0757. The Morgan fingerprint density at radius 2 is 2.00 bits per heavy atom. The highest BCUT2D eigenvalue weighted by molar-refractivity contribution is 6.31. The van der Waals surface area contributed by atoms with Crippen LogP contribution in [0.25, 0.3) is 0 Å². The van der Waals surface area contributed by atoms with Crippen molar-refractivity contribution in [2.75, 3.05) is 0 Å². The minimum Gasteiger partial charge on any atom is -0.459 e. The Morgan fingerprint density at radius 3 is 2.52 bits per heavy atom. The molecule has 0 aliphatic rings. The number of hydrogen-bond acceptors (Lipinski definition) is 3. The zero-order valence-electron chi connectivity index (χ0n) is 12.5. The van der Waals surface area contributed by atoms with Crippen molar-refractivity contribution < 1.29 is 18.7 Å². The van der Waals surface area contributed by atoms with Crippen molar-refractivity contribution in [3.05, 3.63) is 34.6 Å². The molecule has 0 bridgehead atoms. The van der Waals surface area contributed by atoms with Crippen molar-refractivity contribution in [3.63, 3.8) is 0 Å². The summed E-state index contributed by atoms with van der Waals surface area (Å²) < 4.78 is 18.0. The topological polar surface area (TPSA) is 55.4 Å². The van der Waals surface area contributed by atoms with Crippen molar-refractivity contribution in [1.82, 2.24) is 5.32 Å². The van der Waals surface area contributed by atoms with E-state index in [-0.39, 0.29) is 17.5 Å². The first kappa shape index (κ1) is 17.4. The maximum Gasteiger partial charge on any atom is 0.328 e. The van der Waals surface area contributed by atoms with E-state index in [0.29, 0.717) is 5.56 Å². The van der Waals surface area contributed by atoms with Crippen molar-refractivity contribution in [3.8, 4) is 0 Å². The van der Waals surface area contributed by atoms with Crippen LogP contribution in [-0.2, 0) is 20.9 Å². The van der Waals surface area contributed by atoms with Crippen LogP contribution in [0.5, 0.6) is 0 Å². The van der Waals surface area contributed by atoms with Crippen molar-refractivity contribution in [2.24, 2.45) is 5.41 Å². The lowest BCUT2D eigenvalue weighted by Crippen LogP contribution is -2.44. The van der Waals surface area contributed by atoms with Crippen LogP contribution in [0.4, 0.5) is 4.39 Å². The van der Waals surface area contributed by atoms with Crippen LogP contribution >= 0.6 is 11.6 Å². The lowest BCUT2D eigenvalue weighted by atomic mass is 9.95. The van der Waals surface area contributed by atoms with Crippen molar-refractivity contribution in [1.29, 1.82) is 0 Å². The third-order valence-electron chi connectivity index (χ3n) is 2.77. The number of amides is 1. The maximum absolute atomic E-state index is 12.9. The van der Waals surface area contributed by atoms with Gasteiger partial charge in [-0.2, -0.15) is 0 Å². The molecule has 0 heterocycles. The summed E-state index contributed by atoms with van der Waals surface area (Å²) in [7, 11) is 0. The molecule has 0 saturated heterocycles. The van der Waals surface area contributed by atoms with Crippen LogP contribution in [0.3, 0.4) is 0 Å². The van der Waals surface area contributed by atoms with E-state index >= 15 is 0 Å². The molecule has 0 aliphatic heterocycles. The molecule has 0 aliphatic carbocycles. The molecule has 0 aromatic heterocycles. The summed E-state index contributed by atoms with van der Waals surface area (Å²) in [6, 6.07) is 3.06. The number of ether oxygens (including phenoxy) is 1. The van der Waals surface area contributed by atoms with Gasteiger partial charge in [0.15, 0.2) is 0 Å². The second-order valence-electron chi connectivity index (χ2n) is 5.79. The largest absolute Gasteiger partial charge is 0.459 e. The summed E-state index contributed by atoms with van der Waals surface area (Å²) in [6.07, 6.45) is 0. The highest BCUT2D eigenvalue weighted by Gasteiger charge is 2.25. The Kier molecular flexibility index (Phi) is 5.72. The van der Waals surface area contributed by atoms with E-state index in [0.717, 1.165) is 6.07 Å². The number of carbonyl (C=O) groups excluding carboxylic acids is 2. The predicted molar refractivity (Wildman–Crippen MR) is 78.3 cm³/mol. The molecule has 1 N–H and O–H groups in total. The van der Waals surface area contributed by atoms with Gasteiger partial charge in [-0.25, -0.2) is 9.18 Å². The molecule has 0 saturated carbocycles. The molecule has 1 aromatic rings. The summed E-state index contributed by atoms with van der Waals surface area (Å²) in [5.41, 5.74) is -0.0878. The second kappa shape index (κ2) is 6.89. The first-order valence-electron chi connectivity index (χ1n) is 6.53. The van der Waals surface area contributed by atoms with Crippen LogP contribution in [0.1, 0.15) is 33.3 Å². The number of rotatable bonds is 4. The lowest BCUT2D eigenvalue weighted by Gasteiger charge is -2.21. The third-order valence-corrected chi connectivity index (χ3v) is 3.12. The molecule has 6 heteroatoms. The molecule has 116 valence electrons. The van der Waals surface area contributed by atoms with E-state index in [4.69, 9.17) is 16.3 Å². The summed E-state index contributed by atoms with van der Waals surface area (Å²) in [5.74, 6) is -1.28. The molecule has 21 heavy (non-hydrogen) atoms. The number of halogens is 2. The third kappa shape index (κ3) is 5.34. The van der Waals surface area contributed by atoms with E-state index in [1.54, 1.807) is 20.8 Å². The molecular formula is C15H19ClFNO3. The zero-order valence-corrected chi connectivity index (χ0v) is 13.3. The maximum atomic E-state index is 12.9. The molecule has 0 fully saturated rings. The quantitative estimate of drug-likeness (QED) is 0.869. The lowest BCUT2D eigenvalue weighted by molar-refractivity contribution is -0.149. The molecule has 1 atom stereocenters. The van der Waals surface area contributed by atoms with Crippen LogP contribution in [-0.4, -0.2) is 17.9 Å². The summed E-state index contributed by atoms with van der Waals surface area (Å²) in [5, 5.41) is 2.76. The molecule has 4 nitrogen and oxygen atoms in total. The van der Waals surface area contributed by atoms with Crippen LogP contribution < -0.4 is 5.32 Å². The molecule has 0 radical (unpaired) electrons. The Hall–Kier alpha value is -1.62. The Morgan fingerprint density at radius 1 is 1.38 bits per heavy atom. The SMILES string of the molecule is CC(NC(=O)C(C)(C)C)C(=O)OCc1ccc(F)cc1Cl. The number of benzene rings is 1. The van der Waals surface area contributed by atoms with Gasteiger partial charge >= 0.3 is 5.97 Å². The fourth-order valence-electron chi connectivity index (χ4n) is 1.38. The van der Waals surface area contributed by atoms with Gasteiger partial charge in [0, 0.05) is 11.0 Å². The zero-order chi connectivity index (χ0) is 16.2. The van der Waals surface area contributed by atoms with Gasteiger partial charge in [-0.05, 0) is 19.1 Å².